The van der Waals surface area contributed by atoms with Crippen molar-refractivity contribution in [2.75, 3.05) is 39.8 Å². The largest absolute Gasteiger partial charge is 0.368 e. The third-order valence-electron chi connectivity index (χ3n) is 5.01. The molecule has 0 saturated carbocycles. The summed E-state index contributed by atoms with van der Waals surface area (Å²) in [6, 6.07) is 8.36. The Morgan fingerprint density at radius 2 is 1.96 bits per heavy atom. The van der Waals surface area contributed by atoms with Gasteiger partial charge in [-0.3, -0.25) is 9.79 Å². The number of guanidine groups is 1. The first-order valence-electron chi connectivity index (χ1n) is 9.09. The van der Waals surface area contributed by atoms with Crippen molar-refractivity contribution >= 4 is 11.9 Å². The fourth-order valence-corrected chi connectivity index (χ4v) is 3.43. The Hall–Kier alpha value is -2.08. The van der Waals surface area contributed by atoms with Crippen LogP contribution >= 0.6 is 0 Å². The molecule has 25 heavy (non-hydrogen) atoms. The molecule has 2 aliphatic heterocycles. The number of aliphatic imine (C=N–C) groups is 1. The highest BCUT2D eigenvalue weighted by molar-refractivity contribution is 5.82. The summed E-state index contributed by atoms with van der Waals surface area (Å²) in [4.78, 5) is 21.0. The minimum Gasteiger partial charge on any atom is -0.368 e. The standard InChI is InChI=1S/C19H28N4O2/c1-15-6-3-4-7-16(15)14-21-19(20-2)23-11-9-22(10-12-23)18(24)17-8-5-13-25-17/h3-4,6-7,17H,5,8-14H2,1-2H3,(H,20,21). The molecule has 1 unspecified atom stereocenters. The Morgan fingerprint density at radius 3 is 2.60 bits per heavy atom. The van der Waals surface area contributed by atoms with Crippen LogP contribution in [-0.4, -0.2) is 67.6 Å². The van der Waals surface area contributed by atoms with Gasteiger partial charge in [0.05, 0.1) is 0 Å². The van der Waals surface area contributed by atoms with E-state index in [1.165, 1.54) is 11.1 Å². The van der Waals surface area contributed by atoms with Gasteiger partial charge in [0, 0.05) is 46.4 Å². The van der Waals surface area contributed by atoms with Gasteiger partial charge in [0.25, 0.3) is 5.91 Å². The molecule has 0 spiro atoms. The van der Waals surface area contributed by atoms with Gasteiger partial charge in [0.1, 0.15) is 6.10 Å². The summed E-state index contributed by atoms with van der Waals surface area (Å²) in [7, 11) is 1.81. The lowest BCUT2D eigenvalue weighted by molar-refractivity contribution is -0.142. The maximum Gasteiger partial charge on any atom is 0.251 e. The number of nitrogens with zero attached hydrogens (tertiary/aromatic N) is 3. The molecule has 1 atom stereocenters. The van der Waals surface area contributed by atoms with E-state index in [0.717, 1.165) is 51.5 Å². The molecular formula is C19H28N4O2. The van der Waals surface area contributed by atoms with Crippen LogP contribution in [0.4, 0.5) is 0 Å². The van der Waals surface area contributed by atoms with Crippen LogP contribution < -0.4 is 5.32 Å². The van der Waals surface area contributed by atoms with Crippen molar-refractivity contribution in [1.82, 2.24) is 15.1 Å². The molecule has 0 radical (unpaired) electrons. The maximum absolute atomic E-state index is 12.4. The molecule has 6 nitrogen and oxygen atoms in total. The lowest BCUT2D eigenvalue weighted by Crippen LogP contribution is -2.55. The monoisotopic (exact) mass is 344 g/mol. The Balaban J connectivity index is 1.50. The molecule has 0 aliphatic carbocycles. The molecule has 2 saturated heterocycles. The number of aryl methyl sites for hydroxylation is 1. The van der Waals surface area contributed by atoms with E-state index in [1.54, 1.807) is 0 Å². The summed E-state index contributed by atoms with van der Waals surface area (Å²) in [5.41, 5.74) is 2.55. The van der Waals surface area contributed by atoms with Crippen molar-refractivity contribution in [1.29, 1.82) is 0 Å². The van der Waals surface area contributed by atoms with E-state index < -0.39 is 0 Å². The van der Waals surface area contributed by atoms with Gasteiger partial charge in [0.2, 0.25) is 0 Å². The number of rotatable bonds is 3. The highest BCUT2D eigenvalue weighted by atomic mass is 16.5. The van der Waals surface area contributed by atoms with E-state index in [1.807, 2.05) is 11.9 Å². The summed E-state index contributed by atoms with van der Waals surface area (Å²) in [6.07, 6.45) is 1.63. The zero-order valence-electron chi connectivity index (χ0n) is 15.2. The Labute approximate surface area is 149 Å². The van der Waals surface area contributed by atoms with Gasteiger partial charge < -0.3 is 19.9 Å². The molecule has 2 heterocycles. The summed E-state index contributed by atoms with van der Waals surface area (Å²) < 4.78 is 5.52. The second-order valence-corrected chi connectivity index (χ2v) is 6.64. The number of hydrogen-bond donors (Lipinski definition) is 1. The topological polar surface area (TPSA) is 57.2 Å². The van der Waals surface area contributed by atoms with Crippen molar-refractivity contribution < 1.29 is 9.53 Å². The zero-order chi connectivity index (χ0) is 17.6. The van der Waals surface area contributed by atoms with Gasteiger partial charge in [-0.15, -0.1) is 0 Å². The predicted molar refractivity (Wildman–Crippen MR) is 98.5 cm³/mol. The molecule has 1 aromatic rings. The molecule has 0 aromatic heterocycles. The third kappa shape index (κ3) is 4.31. The molecule has 136 valence electrons. The van der Waals surface area contributed by atoms with Gasteiger partial charge in [-0.25, -0.2) is 0 Å². The van der Waals surface area contributed by atoms with Crippen LogP contribution in [0.15, 0.2) is 29.3 Å². The smallest absolute Gasteiger partial charge is 0.251 e. The molecule has 3 rings (SSSR count). The Morgan fingerprint density at radius 1 is 1.24 bits per heavy atom. The number of carbonyl (C=O) groups excluding carboxylic acids is 1. The maximum atomic E-state index is 12.4. The first-order valence-corrected chi connectivity index (χ1v) is 9.09. The molecule has 2 fully saturated rings. The minimum atomic E-state index is -0.218. The zero-order valence-corrected chi connectivity index (χ0v) is 15.2. The summed E-state index contributed by atoms with van der Waals surface area (Å²) in [5.74, 6) is 1.05. The molecular weight excluding hydrogens is 316 g/mol. The molecule has 1 N–H and O–H groups in total. The number of piperazine rings is 1. The first kappa shape index (κ1) is 17.7. The Bertz CT molecular complexity index is 618. The minimum absolute atomic E-state index is 0.153. The van der Waals surface area contributed by atoms with E-state index >= 15 is 0 Å². The number of ether oxygens (including phenoxy) is 1. The number of benzene rings is 1. The average molecular weight is 344 g/mol. The van der Waals surface area contributed by atoms with Crippen LogP contribution in [-0.2, 0) is 16.1 Å². The summed E-state index contributed by atoms with van der Waals surface area (Å²) in [6.45, 7) is 6.64. The molecule has 1 aromatic carbocycles. The van der Waals surface area contributed by atoms with Crippen molar-refractivity contribution in [3.05, 3.63) is 35.4 Å². The Kier molecular flexibility index (Phi) is 5.91. The fourth-order valence-electron chi connectivity index (χ4n) is 3.43. The fraction of sp³-hybridized carbons (Fsp3) is 0.579. The van der Waals surface area contributed by atoms with Gasteiger partial charge in [0.15, 0.2) is 5.96 Å². The lowest BCUT2D eigenvalue weighted by atomic mass is 10.1. The van der Waals surface area contributed by atoms with E-state index in [2.05, 4.69) is 46.4 Å². The predicted octanol–water partition coefficient (Wildman–Crippen LogP) is 1.39. The van der Waals surface area contributed by atoms with E-state index in [0.29, 0.717) is 6.61 Å². The van der Waals surface area contributed by atoms with Crippen LogP contribution in [0.2, 0.25) is 0 Å². The molecule has 2 aliphatic rings. The highest BCUT2D eigenvalue weighted by Crippen LogP contribution is 2.16. The SMILES string of the molecule is CN=C(NCc1ccccc1C)N1CCN(C(=O)C2CCCO2)CC1. The molecule has 6 heteroatoms. The number of hydrogen-bond acceptors (Lipinski definition) is 3. The number of carbonyl (C=O) groups is 1. The van der Waals surface area contributed by atoms with Crippen LogP contribution in [0.1, 0.15) is 24.0 Å². The first-order chi connectivity index (χ1) is 12.2. The van der Waals surface area contributed by atoms with Gasteiger partial charge >= 0.3 is 0 Å². The number of nitrogens with one attached hydrogen (secondary N) is 1. The van der Waals surface area contributed by atoms with Crippen molar-refractivity contribution in [2.45, 2.75) is 32.4 Å². The van der Waals surface area contributed by atoms with E-state index in [-0.39, 0.29) is 12.0 Å². The van der Waals surface area contributed by atoms with Crippen LogP contribution in [0, 0.1) is 6.92 Å². The van der Waals surface area contributed by atoms with Crippen molar-refractivity contribution in [3.8, 4) is 0 Å². The molecule has 0 bridgehead atoms. The van der Waals surface area contributed by atoms with Gasteiger partial charge in [-0.1, -0.05) is 24.3 Å². The second kappa shape index (κ2) is 8.34. The van der Waals surface area contributed by atoms with Crippen molar-refractivity contribution in [3.63, 3.8) is 0 Å². The van der Waals surface area contributed by atoms with Crippen LogP contribution in [0.25, 0.3) is 0 Å². The highest BCUT2D eigenvalue weighted by Gasteiger charge is 2.30. The van der Waals surface area contributed by atoms with Crippen LogP contribution in [0.3, 0.4) is 0 Å². The van der Waals surface area contributed by atoms with Gasteiger partial charge in [-0.05, 0) is 30.9 Å². The van der Waals surface area contributed by atoms with E-state index in [4.69, 9.17) is 4.74 Å². The van der Waals surface area contributed by atoms with Crippen molar-refractivity contribution in [2.24, 2.45) is 4.99 Å². The summed E-state index contributed by atoms with van der Waals surface area (Å²) in [5, 5.41) is 3.44. The number of amides is 1. The van der Waals surface area contributed by atoms with E-state index in [9.17, 15) is 4.79 Å². The normalized spacial score (nSPS) is 21.5. The summed E-state index contributed by atoms with van der Waals surface area (Å²) >= 11 is 0. The van der Waals surface area contributed by atoms with Crippen LogP contribution in [0.5, 0.6) is 0 Å². The third-order valence-corrected chi connectivity index (χ3v) is 5.01. The average Bonchev–Trinajstić information content (AvgIpc) is 3.18. The second-order valence-electron chi connectivity index (χ2n) is 6.64. The lowest BCUT2D eigenvalue weighted by Gasteiger charge is -2.37. The quantitative estimate of drug-likeness (QED) is 0.665. The van der Waals surface area contributed by atoms with Gasteiger partial charge in [-0.2, -0.15) is 0 Å². The molecule has 1 amide bonds.